The third-order valence-corrected chi connectivity index (χ3v) is 1.62. The zero-order valence-corrected chi connectivity index (χ0v) is 10.2. The van der Waals surface area contributed by atoms with Crippen molar-refractivity contribution in [2.45, 2.75) is 41.5 Å². The molecular formula is C12H22N2. The lowest BCUT2D eigenvalue weighted by Crippen LogP contribution is -2.16. The number of nitrogens with one attached hydrogen (secondary N) is 2. The first-order chi connectivity index (χ1) is 6.63. The third-order valence-electron chi connectivity index (χ3n) is 1.62. The van der Waals surface area contributed by atoms with Gasteiger partial charge in [0.05, 0.1) is 11.4 Å². The minimum absolute atomic E-state index is 0.347. The minimum atomic E-state index is 0.347. The molecule has 14 heavy (non-hydrogen) atoms. The molecule has 0 bridgehead atoms. The summed E-state index contributed by atoms with van der Waals surface area (Å²) in [5, 5.41) is 14.8. The summed E-state index contributed by atoms with van der Waals surface area (Å²) in [6.07, 6.45) is 3.74. The molecule has 0 aliphatic heterocycles. The van der Waals surface area contributed by atoms with Crippen LogP contribution < -0.4 is 0 Å². The molecule has 0 fully saturated rings. The maximum absolute atomic E-state index is 7.40. The lowest BCUT2D eigenvalue weighted by molar-refractivity contribution is 1.39. The van der Waals surface area contributed by atoms with Gasteiger partial charge in [0.2, 0.25) is 0 Å². The van der Waals surface area contributed by atoms with Crippen molar-refractivity contribution in [1.82, 2.24) is 0 Å². The Bertz CT molecular complexity index is 221. The molecule has 0 aromatic rings. The number of rotatable bonds is 0. The predicted octanol–water partition coefficient (Wildman–Crippen LogP) is 3.98. The van der Waals surface area contributed by atoms with Crippen molar-refractivity contribution in [3.63, 3.8) is 0 Å². The fourth-order valence-corrected chi connectivity index (χ4v) is 0.811. The van der Waals surface area contributed by atoms with Gasteiger partial charge in [-0.15, -0.1) is 0 Å². The zero-order valence-electron chi connectivity index (χ0n) is 10.2. The van der Waals surface area contributed by atoms with E-state index < -0.39 is 0 Å². The molecule has 2 N–H and O–H groups in total. The van der Waals surface area contributed by atoms with E-state index >= 15 is 0 Å². The summed E-state index contributed by atoms with van der Waals surface area (Å²) >= 11 is 0. The Kier molecular flexibility index (Phi) is 9.20. The van der Waals surface area contributed by atoms with E-state index in [4.69, 9.17) is 10.8 Å². The normalized spacial score (nSPS) is 14.1. The molecule has 0 saturated carbocycles. The van der Waals surface area contributed by atoms with E-state index in [2.05, 4.69) is 0 Å². The van der Waals surface area contributed by atoms with E-state index in [1.54, 1.807) is 0 Å². The quantitative estimate of drug-likeness (QED) is 0.548. The smallest absolute Gasteiger partial charge is 0.0821 e. The molecule has 0 aromatic heterocycles. The Morgan fingerprint density at radius 1 is 0.714 bits per heavy atom. The SMILES string of the molecule is CC.CC.CC1=CC=C(C)C(=N)C1=N. The van der Waals surface area contributed by atoms with Gasteiger partial charge < -0.3 is 0 Å². The average Bonchev–Trinajstić information content (AvgIpc) is 2.26. The zero-order chi connectivity index (χ0) is 11.7. The summed E-state index contributed by atoms with van der Waals surface area (Å²) in [5.74, 6) is 0. The molecule has 0 unspecified atom stereocenters. The number of hydrogen-bond acceptors (Lipinski definition) is 2. The fourth-order valence-electron chi connectivity index (χ4n) is 0.811. The van der Waals surface area contributed by atoms with Crippen molar-refractivity contribution in [1.29, 1.82) is 10.8 Å². The van der Waals surface area contributed by atoms with Crippen molar-refractivity contribution >= 4 is 11.4 Å². The van der Waals surface area contributed by atoms with Crippen LogP contribution in [-0.4, -0.2) is 11.4 Å². The molecule has 0 amide bonds. The molecule has 0 saturated heterocycles. The highest BCUT2D eigenvalue weighted by Gasteiger charge is 2.11. The third kappa shape index (κ3) is 4.17. The first-order valence-corrected chi connectivity index (χ1v) is 5.16. The molecule has 0 atom stereocenters. The average molecular weight is 194 g/mol. The molecular weight excluding hydrogens is 172 g/mol. The molecule has 1 aliphatic carbocycles. The molecule has 2 nitrogen and oxygen atoms in total. The van der Waals surface area contributed by atoms with Crippen LogP contribution in [0.25, 0.3) is 0 Å². The van der Waals surface area contributed by atoms with Gasteiger partial charge in [0.1, 0.15) is 0 Å². The lowest BCUT2D eigenvalue weighted by Gasteiger charge is -2.10. The highest BCUT2D eigenvalue weighted by Crippen LogP contribution is 2.10. The number of hydrogen-bond donors (Lipinski definition) is 2. The van der Waals surface area contributed by atoms with Crippen LogP contribution in [0.15, 0.2) is 23.3 Å². The minimum Gasteiger partial charge on any atom is -0.298 e. The van der Waals surface area contributed by atoms with Crippen molar-refractivity contribution in [2.75, 3.05) is 0 Å². The predicted molar refractivity (Wildman–Crippen MR) is 65.7 cm³/mol. The first kappa shape index (κ1) is 15.3. The lowest BCUT2D eigenvalue weighted by atomic mass is 9.96. The summed E-state index contributed by atoms with van der Waals surface area (Å²) in [6.45, 7) is 11.7. The van der Waals surface area contributed by atoms with Crippen LogP contribution in [0.1, 0.15) is 41.5 Å². The molecule has 1 rings (SSSR count). The summed E-state index contributed by atoms with van der Waals surface area (Å²) in [6, 6.07) is 0. The first-order valence-electron chi connectivity index (χ1n) is 5.16. The summed E-state index contributed by atoms with van der Waals surface area (Å²) in [5.41, 5.74) is 2.44. The molecule has 2 heteroatoms. The highest BCUT2D eigenvalue weighted by atomic mass is 14.5. The highest BCUT2D eigenvalue weighted by molar-refractivity contribution is 6.51. The summed E-state index contributed by atoms with van der Waals surface area (Å²) < 4.78 is 0. The molecule has 0 spiro atoms. The molecule has 0 heterocycles. The Balaban J connectivity index is 0. The fraction of sp³-hybridized carbons (Fsp3) is 0.500. The van der Waals surface area contributed by atoms with Gasteiger partial charge in [-0.1, -0.05) is 39.8 Å². The largest absolute Gasteiger partial charge is 0.298 e. The second kappa shape index (κ2) is 8.42. The molecule has 1 aliphatic rings. The van der Waals surface area contributed by atoms with E-state index in [1.807, 2.05) is 53.7 Å². The second-order valence-electron chi connectivity index (χ2n) is 2.45. The van der Waals surface area contributed by atoms with E-state index in [0.29, 0.717) is 11.4 Å². The van der Waals surface area contributed by atoms with Crippen LogP contribution in [-0.2, 0) is 0 Å². The molecule has 0 aromatic carbocycles. The van der Waals surface area contributed by atoms with Crippen LogP contribution >= 0.6 is 0 Å². The van der Waals surface area contributed by atoms with Gasteiger partial charge in [0, 0.05) is 0 Å². The standard InChI is InChI=1S/C8H10N2.2C2H6/c1-5-3-4-6(2)8(10)7(5)9;2*1-2/h3-4,9-10H,1-2H3;2*1-2H3. The second-order valence-corrected chi connectivity index (χ2v) is 2.45. The van der Waals surface area contributed by atoms with Crippen molar-refractivity contribution in [3.8, 4) is 0 Å². The van der Waals surface area contributed by atoms with E-state index in [9.17, 15) is 0 Å². The monoisotopic (exact) mass is 194 g/mol. The van der Waals surface area contributed by atoms with Crippen molar-refractivity contribution in [3.05, 3.63) is 23.3 Å². The van der Waals surface area contributed by atoms with Gasteiger partial charge in [0.25, 0.3) is 0 Å². The number of allylic oxidation sites excluding steroid dienone is 4. The Labute approximate surface area is 87.8 Å². The van der Waals surface area contributed by atoms with Crippen molar-refractivity contribution in [2.24, 2.45) is 0 Å². The van der Waals surface area contributed by atoms with E-state index in [0.717, 1.165) is 11.1 Å². The summed E-state index contributed by atoms with van der Waals surface area (Å²) in [7, 11) is 0. The maximum Gasteiger partial charge on any atom is 0.0821 e. The van der Waals surface area contributed by atoms with Crippen LogP contribution in [0.3, 0.4) is 0 Å². The van der Waals surface area contributed by atoms with Crippen LogP contribution in [0.5, 0.6) is 0 Å². The van der Waals surface area contributed by atoms with Gasteiger partial charge in [0.15, 0.2) is 0 Å². The summed E-state index contributed by atoms with van der Waals surface area (Å²) in [4.78, 5) is 0. The van der Waals surface area contributed by atoms with Gasteiger partial charge >= 0.3 is 0 Å². The van der Waals surface area contributed by atoms with Crippen LogP contribution in [0, 0.1) is 10.8 Å². The van der Waals surface area contributed by atoms with Crippen LogP contribution in [0.2, 0.25) is 0 Å². The molecule has 80 valence electrons. The van der Waals surface area contributed by atoms with E-state index in [1.165, 1.54) is 0 Å². The topological polar surface area (TPSA) is 47.7 Å². The maximum atomic E-state index is 7.40. The van der Waals surface area contributed by atoms with Gasteiger partial charge in [-0.2, -0.15) is 0 Å². The van der Waals surface area contributed by atoms with Gasteiger partial charge in [-0.05, 0) is 25.0 Å². The van der Waals surface area contributed by atoms with Crippen LogP contribution in [0.4, 0.5) is 0 Å². The van der Waals surface area contributed by atoms with Gasteiger partial charge in [-0.25, -0.2) is 0 Å². The Morgan fingerprint density at radius 3 is 1.14 bits per heavy atom. The Hall–Kier alpha value is -1.18. The van der Waals surface area contributed by atoms with E-state index in [-0.39, 0.29) is 0 Å². The van der Waals surface area contributed by atoms with Gasteiger partial charge in [-0.3, -0.25) is 10.8 Å². The van der Waals surface area contributed by atoms with Crippen molar-refractivity contribution < 1.29 is 0 Å². The molecule has 0 radical (unpaired) electrons. The Morgan fingerprint density at radius 2 is 0.929 bits per heavy atom.